The minimum Gasteiger partial charge on any atom is -0.480 e. The lowest BCUT2D eigenvalue weighted by atomic mass is 10.1. The summed E-state index contributed by atoms with van der Waals surface area (Å²) in [5.41, 5.74) is 6.69. The molecule has 0 radical (unpaired) electrons. The normalized spacial score (nSPS) is 11.8. The number of rotatable bonds is 7. The predicted octanol–water partition coefficient (Wildman–Crippen LogP) is 1.64. The number of benzene rings is 1. The van der Waals surface area contributed by atoms with E-state index in [9.17, 15) is 4.79 Å². The standard InChI is InChI=1S/C13H18N2O2S2/c14-11(12(16)17)9-19-13(18)15-8-4-7-10-5-2-1-3-6-10/h1-3,5-6,11H,4,7-9,14H2,(H,15,18)(H,16,17). The molecule has 19 heavy (non-hydrogen) atoms. The second-order valence-corrected chi connectivity index (χ2v) is 5.76. The Morgan fingerprint density at radius 3 is 2.74 bits per heavy atom. The van der Waals surface area contributed by atoms with Gasteiger partial charge in [0.15, 0.2) is 0 Å². The van der Waals surface area contributed by atoms with Crippen LogP contribution >= 0.6 is 24.0 Å². The molecule has 1 atom stereocenters. The number of aliphatic carboxylic acids is 1. The van der Waals surface area contributed by atoms with Gasteiger partial charge in [0, 0.05) is 12.3 Å². The minimum atomic E-state index is -1.00. The molecule has 0 aliphatic rings. The number of nitrogens with two attached hydrogens (primary N) is 1. The Balaban J connectivity index is 2.09. The summed E-state index contributed by atoms with van der Waals surface area (Å²) in [6.07, 6.45) is 1.98. The second-order valence-electron chi connectivity index (χ2n) is 4.06. The fourth-order valence-electron chi connectivity index (χ4n) is 1.42. The fraction of sp³-hybridized carbons (Fsp3) is 0.385. The van der Waals surface area contributed by atoms with Gasteiger partial charge in [-0.15, -0.1) is 0 Å². The summed E-state index contributed by atoms with van der Waals surface area (Å²) in [4.78, 5) is 10.5. The Morgan fingerprint density at radius 1 is 1.42 bits per heavy atom. The topological polar surface area (TPSA) is 75.3 Å². The zero-order valence-electron chi connectivity index (χ0n) is 10.5. The first kappa shape index (κ1) is 15.9. The first-order valence-electron chi connectivity index (χ1n) is 6.02. The van der Waals surface area contributed by atoms with E-state index in [1.165, 1.54) is 17.3 Å². The molecule has 0 aliphatic heterocycles. The van der Waals surface area contributed by atoms with Crippen molar-refractivity contribution in [1.29, 1.82) is 0 Å². The molecule has 0 bridgehead atoms. The SMILES string of the molecule is NC(CSC(=S)NCCCc1ccccc1)C(=O)O. The number of aryl methyl sites for hydroxylation is 1. The smallest absolute Gasteiger partial charge is 0.321 e. The van der Waals surface area contributed by atoms with Crippen LogP contribution in [0, 0.1) is 0 Å². The zero-order valence-corrected chi connectivity index (χ0v) is 12.2. The van der Waals surface area contributed by atoms with Crippen molar-refractivity contribution in [1.82, 2.24) is 5.32 Å². The van der Waals surface area contributed by atoms with Crippen molar-refractivity contribution in [3.63, 3.8) is 0 Å². The lowest BCUT2D eigenvalue weighted by molar-refractivity contribution is -0.137. The van der Waals surface area contributed by atoms with Crippen LogP contribution in [0.3, 0.4) is 0 Å². The van der Waals surface area contributed by atoms with Crippen LogP contribution in [0.5, 0.6) is 0 Å². The molecule has 104 valence electrons. The van der Waals surface area contributed by atoms with Crippen LogP contribution in [0.1, 0.15) is 12.0 Å². The van der Waals surface area contributed by atoms with Gasteiger partial charge in [0.2, 0.25) is 0 Å². The summed E-state index contributed by atoms with van der Waals surface area (Å²) in [5.74, 6) is -0.709. The number of carbonyl (C=O) groups is 1. The molecule has 0 heterocycles. The maximum absolute atomic E-state index is 10.5. The van der Waals surface area contributed by atoms with Crippen molar-refractivity contribution < 1.29 is 9.90 Å². The van der Waals surface area contributed by atoms with E-state index in [4.69, 9.17) is 23.1 Å². The molecule has 4 nitrogen and oxygen atoms in total. The van der Waals surface area contributed by atoms with Crippen molar-refractivity contribution in [2.24, 2.45) is 5.73 Å². The second kappa shape index (κ2) is 8.90. The molecule has 1 rings (SSSR count). The zero-order chi connectivity index (χ0) is 14.1. The third-order valence-corrected chi connectivity index (χ3v) is 3.90. The predicted molar refractivity (Wildman–Crippen MR) is 83.4 cm³/mol. The van der Waals surface area contributed by atoms with Gasteiger partial charge in [-0.3, -0.25) is 4.79 Å². The van der Waals surface area contributed by atoms with Crippen LogP contribution in [-0.2, 0) is 11.2 Å². The Hall–Kier alpha value is -1.11. The van der Waals surface area contributed by atoms with Crippen LogP contribution in [0.4, 0.5) is 0 Å². The average Bonchev–Trinajstić information content (AvgIpc) is 2.42. The maximum atomic E-state index is 10.5. The number of hydrogen-bond acceptors (Lipinski definition) is 4. The molecule has 1 unspecified atom stereocenters. The Bertz CT molecular complexity index is 412. The average molecular weight is 298 g/mol. The first-order valence-corrected chi connectivity index (χ1v) is 7.42. The van der Waals surface area contributed by atoms with Crippen LogP contribution in [0.2, 0.25) is 0 Å². The molecule has 0 saturated carbocycles. The lowest BCUT2D eigenvalue weighted by Gasteiger charge is -2.09. The van der Waals surface area contributed by atoms with Gasteiger partial charge >= 0.3 is 5.97 Å². The van der Waals surface area contributed by atoms with Crippen LogP contribution in [0.25, 0.3) is 0 Å². The fourth-order valence-corrected chi connectivity index (χ4v) is 2.40. The van der Waals surface area contributed by atoms with Crippen LogP contribution in [0.15, 0.2) is 30.3 Å². The molecule has 0 aliphatic carbocycles. The summed E-state index contributed by atoms with van der Waals surface area (Å²) < 4.78 is 0.602. The molecule has 6 heteroatoms. The molecule has 1 aromatic carbocycles. The van der Waals surface area contributed by atoms with Crippen molar-refractivity contribution in [3.8, 4) is 0 Å². The summed E-state index contributed by atoms with van der Waals surface area (Å²) in [6, 6.07) is 9.37. The number of carboxylic acid groups (broad SMARTS) is 1. The van der Waals surface area contributed by atoms with Crippen molar-refractivity contribution in [3.05, 3.63) is 35.9 Å². The largest absolute Gasteiger partial charge is 0.480 e. The third kappa shape index (κ3) is 7.15. The van der Waals surface area contributed by atoms with E-state index in [1.807, 2.05) is 18.2 Å². The van der Waals surface area contributed by atoms with E-state index in [0.29, 0.717) is 10.1 Å². The molecule has 4 N–H and O–H groups in total. The maximum Gasteiger partial charge on any atom is 0.321 e. The van der Waals surface area contributed by atoms with E-state index in [0.717, 1.165) is 19.4 Å². The monoisotopic (exact) mass is 298 g/mol. The van der Waals surface area contributed by atoms with Gasteiger partial charge in [0.1, 0.15) is 10.4 Å². The number of thiocarbonyl (C=S) groups is 1. The summed E-state index contributed by atoms with van der Waals surface area (Å²) in [6.45, 7) is 0.781. The summed E-state index contributed by atoms with van der Waals surface area (Å²) in [5, 5.41) is 11.7. The highest BCUT2D eigenvalue weighted by Gasteiger charge is 2.12. The van der Waals surface area contributed by atoms with Gasteiger partial charge in [0.25, 0.3) is 0 Å². The van der Waals surface area contributed by atoms with E-state index in [1.54, 1.807) is 0 Å². The van der Waals surface area contributed by atoms with Gasteiger partial charge in [-0.1, -0.05) is 54.3 Å². The van der Waals surface area contributed by atoms with E-state index in [2.05, 4.69) is 17.4 Å². The number of thioether (sulfide) groups is 1. The number of carboxylic acids is 1. The molecule has 1 aromatic rings. The van der Waals surface area contributed by atoms with Gasteiger partial charge in [-0.2, -0.15) is 0 Å². The number of hydrogen-bond donors (Lipinski definition) is 3. The molecule has 0 spiro atoms. The molecule has 0 aromatic heterocycles. The first-order chi connectivity index (χ1) is 9.09. The lowest BCUT2D eigenvalue weighted by Crippen LogP contribution is -2.34. The highest BCUT2D eigenvalue weighted by Crippen LogP contribution is 2.05. The van der Waals surface area contributed by atoms with Crippen LogP contribution < -0.4 is 11.1 Å². The Morgan fingerprint density at radius 2 is 2.11 bits per heavy atom. The van der Waals surface area contributed by atoms with Gasteiger partial charge in [-0.05, 0) is 18.4 Å². The number of nitrogens with one attached hydrogen (secondary N) is 1. The third-order valence-electron chi connectivity index (χ3n) is 2.47. The van der Waals surface area contributed by atoms with Crippen molar-refractivity contribution in [2.45, 2.75) is 18.9 Å². The summed E-state index contributed by atoms with van der Waals surface area (Å²) >= 11 is 6.37. The minimum absolute atomic E-state index is 0.292. The summed E-state index contributed by atoms with van der Waals surface area (Å²) in [7, 11) is 0. The van der Waals surface area contributed by atoms with E-state index in [-0.39, 0.29) is 0 Å². The van der Waals surface area contributed by atoms with Gasteiger partial charge in [0.05, 0.1) is 0 Å². The van der Waals surface area contributed by atoms with Gasteiger partial charge in [-0.25, -0.2) is 0 Å². The van der Waals surface area contributed by atoms with Crippen molar-refractivity contribution in [2.75, 3.05) is 12.3 Å². The molecule has 0 saturated heterocycles. The van der Waals surface area contributed by atoms with Crippen molar-refractivity contribution >= 4 is 34.3 Å². The molecule has 0 amide bonds. The van der Waals surface area contributed by atoms with E-state index < -0.39 is 12.0 Å². The van der Waals surface area contributed by atoms with E-state index >= 15 is 0 Å². The quantitative estimate of drug-likeness (QED) is 0.525. The van der Waals surface area contributed by atoms with Crippen LogP contribution in [-0.4, -0.2) is 33.7 Å². The highest BCUT2D eigenvalue weighted by molar-refractivity contribution is 8.23. The van der Waals surface area contributed by atoms with Gasteiger partial charge < -0.3 is 16.2 Å². The molecule has 0 fully saturated rings. The Kier molecular flexibility index (Phi) is 7.47. The highest BCUT2D eigenvalue weighted by atomic mass is 32.2. The Labute approximate surface area is 122 Å². The molecular formula is C13H18N2O2S2. The molecular weight excluding hydrogens is 280 g/mol.